The van der Waals surface area contributed by atoms with E-state index in [2.05, 4.69) is 6.92 Å². The predicted molar refractivity (Wildman–Crippen MR) is 44.2 cm³/mol. The van der Waals surface area contributed by atoms with Gasteiger partial charge in [-0.25, -0.2) is 0 Å². The van der Waals surface area contributed by atoms with Crippen molar-refractivity contribution in [3.8, 4) is 0 Å². The third-order valence-corrected chi connectivity index (χ3v) is 1.75. The van der Waals surface area contributed by atoms with E-state index in [-0.39, 0.29) is 6.42 Å². The lowest BCUT2D eigenvalue weighted by atomic mass is 10.1. The second-order valence-corrected chi connectivity index (χ2v) is 3.33. The third kappa shape index (κ3) is 10.2. The van der Waals surface area contributed by atoms with Gasteiger partial charge in [-0.05, 0) is 18.0 Å². The summed E-state index contributed by atoms with van der Waals surface area (Å²) in [6.07, 6.45) is 4.54. The Morgan fingerprint density at radius 1 is 1.09 bits per heavy atom. The smallest absolute Gasteiger partial charge is 0.188 e. The van der Waals surface area contributed by atoms with Crippen molar-refractivity contribution in [3.63, 3.8) is 0 Å². The lowest BCUT2D eigenvalue weighted by molar-refractivity contribution is 0.0828. The van der Waals surface area contributed by atoms with Crippen LogP contribution in [-0.4, -0.2) is 5.38 Å². The summed E-state index contributed by atoms with van der Waals surface area (Å²) in [5, 5.41) is -2.98. The quantitative estimate of drug-likeness (QED) is 0.429. The molecule has 0 fully saturated rings. The minimum atomic E-state index is -2.98. The molecule has 0 N–H and O–H groups in total. The number of unbranched alkanes of at least 4 members (excludes halogenated alkanes) is 4. The van der Waals surface area contributed by atoms with Crippen LogP contribution in [0.4, 0.5) is 8.78 Å². The van der Waals surface area contributed by atoms with E-state index < -0.39 is 5.38 Å². The number of rotatable bonds is 6. The minimum Gasteiger partial charge on any atom is -0.188 e. The van der Waals surface area contributed by atoms with Crippen molar-refractivity contribution < 1.29 is 8.78 Å². The molecular weight excluding hydrogens is 170 g/mol. The van der Waals surface area contributed by atoms with Crippen molar-refractivity contribution in [2.75, 3.05) is 0 Å². The molecule has 0 atom stereocenters. The second kappa shape index (κ2) is 5.76. The van der Waals surface area contributed by atoms with Crippen LogP contribution in [0.5, 0.6) is 0 Å². The summed E-state index contributed by atoms with van der Waals surface area (Å²) in [5.74, 6) is 0. The molecule has 0 aromatic heterocycles. The van der Waals surface area contributed by atoms with Crippen LogP contribution in [0.2, 0.25) is 0 Å². The van der Waals surface area contributed by atoms with Crippen LogP contribution < -0.4 is 0 Å². The SMILES string of the molecule is CCCCCCCC(F)(F)Cl. The Hall–Kier alpha value is 0.150. The first kappa shape index (κ1) is 11.2. The van der Waals surface area contributed by atoms with Gasteiger partial charge < -0.3 is 0 Å². The van der Waals surface area contributed by atoms with Gasteiger partial charge in [0, 0.05) is 6.42 Å². The first-order chi connectivity index (χ1) is 5.06. The van der Waals surface area contributed by atoms with Crippen LogP contribution in [0, 0.1) is 0 Å². The summed E-state index contributed by atoms with van der Waals surface area (Å²) in [4.78, 5) is 0. The Morgan fingerprint density at radius 3 is 2.09 bits per heavy atom. The fourth-order valence-corrected chi connectivity index (χ4v) is 1.06. The molecule has 68 valence electrons. The van der Waals surface area contributed by atoms with Gasteiger partial charge in [-0.3, -0.25) is 0 Å². The highest BCUT2D eigenvalue weighted by atomic mass is 35.5. The third-order valence-electron chi connectivity index (χ3n) is 1.56. The molecule has 0 aliphatic heterocycles. The monoisotopic (exact) mass is 184 g/mol. The number of alkyl halides is 3. The molecule has 0 amide bonds. The fraction of sp³-hybridized carbons (Fsp3) is 1.00. The van der Waals surface area contributed by atoms with E-state index in [4.69, 9.17) is 11.6 Å². The van der Waals surface area contributed by atoms with Gasteiger partial charge in [0.2, 0.25) is 0 Å². The lowest BCUT2D eigenvalue weighted by Gasteiger charge is -2.05. The molecule has 0 aromatic rings. The van der Waals surface area contributed by atoms with E-state index in [9.17, 15) is 8.78 Å². The number of hydrogen-bond donors (Lipinski definition) is 0. The molecule has 0 rings (SSSR count). The molecule has 0 spiro atoms. The molecule has 0 saturated heterocycles. The number of halogens is 3. The molecule has 0 radical (unpaired) electrons. The standard InChI is InChI=1S/C8H15ClF2/c1-2-3-4-5-6-7-8(9,10)11/h2-7H2,1H3. The van der Waals surface area contributed by atoms with Crippen LogP contribution in [0.15, 0.2) is 0 Å². The fourth-order valence-electron chi connectivity index (χ4n) is 0.929. The summed E-state index contributed by atoms with van der Waals surface area (Å²) in [7, 11) is 0. The maximum Gasteiger partial charge on any atom is 0.321 e. The lowest BCUT2D eigenvalue weighted by Crippen LogP contribution is -2.04. The van der Waals surface area contributed by atoms with E-state index >= 15 is 0 Å². The zero-order valence-electron chi connectivity index (χ0n) is 6.88. The van der Waals surface area contributed by atoms with E-state index in [0.29, 0.717) is 6.42 Å². The Morgan fingerprint density at radius 2 is 1.64 bits per heavy atom. The molecule has 0 heterocycles. The molecule has 0 saturated carbocycles. The summed E-state index contributed by atoms with van der Waals surface area (Å²) >= 11 is 4.71. The van der Waals surface area contributed by atoms with Crippen molar-refractivity contribution in [2.24, 2.45) is 0 Å². The molecular formula is C8H15ClF2. The van der Waals surface area contributed by atoms with Gasteiger partial charge in [-0.15, -0.1) is 0 Å². The Bertz CT molecular complexity index is 88.6. The maximum absolute atomic E-state index is 12.0. The Labute approximate surface area is 71.9 Å². The maximum atomic E-state index is 12.0. The number of hydrogen-bond acceptors (Lipinski definition) is 0. The van der Waals surface area contributed by atoms with Gasteiger partial charge in [0.1, 0.15) is 0 Å². The average molecular weight is 185 g/mol. The predicted octanol–water partition coefficient (Wildman–Crippen LogP) is 4.18. The normalized spacial score (nSPS) is 12.0. The van der Waals surface area contributed by atoms with E-state index in [0.717, 1.165) is 25.7 Å². The van der Waals surface area contributed by atoms with Crippen LogP contribution in [0.1, 0.15) is 45.4 Å². The van der Waals surface area contributed by atoms with Gasteiger partial charge in [0.15, 0.2) is 0 Å². The molecule has 0 aromatic carbocycles. The largest absolute Gasteiger partial charge is 0.321 e. The molecule has 0 unspecified atom stereocenters. The van der Waals surface area contributed by atoms with E-state index in [1.807, 2.05) is 0 Å². The summed E-state index contributed by atoms with van der Waals surface area (Å²) in [6.45, 7) is 2.09. The molecule has 0 bridgehead atoms. The molecule has 0 aliphatic carbocycles. The van der Waals surface area contributed by atoms with Crippen molar-refractivity contribution in [1.29, 1.82) is 0 Å². The Kier molecular flexibility index (Phi) is 5.83. The van der Waals surface area contributed by atoms with E-state index in [1.165, 1.54) is 0 Å². The molecule has 11 heavy (non-hydrogen) atoms. The van der Waals surface area contributed by atoms with Crippen LogP contribution in [-0.2, 0) is 0 Å². The average Bonchev–Trinajstić information content (AvgIpc) is 1.85. The van der Waals surface area contributed by atoms with Crippen molar-refractivity contribution in [1.82, 2.24) is 0 Å². The summed E-state index contributed by atoms with van der Waals surface area (Å²) in [5.41, 5.74) is 0. The highest BCUT2D eigenvalue weighted by Crippen LogP contribution is 2.25. The topological polar surface area (TPSA) is 0 Å². The summed E-state index contributed by atoms with van der Waals surface area (Å²) in [6, 6.07) is 0. The van der Waals surface area contributed by atoms with Gasteiger partial charge in [-0.1, -0.05) is 32.6 Å². The van der Waals surface area contributed by atoms with Crippen LogP contribution in [0.25, 0.3) is 0 Å². The zero-order valence-corrected chi connectivity index (χ0v) is 7.63. The van der Waals surface area contributed by atoms with Crippen LogP contribution in [0.3, 0.4) is 0 Å². The van der Waals surface area contributed by atoms with Gasteiger partial charge in [0.05, 0.1) is 0 Å². The second-order valence-electron chi connectivity index (χ2n) is 2.78. The Balaban J connectivity index is 3.02. The first-order valence-electron chi connectivity index (χ1n) is 4.13. The summed E-state index contributed by atoms with van der Waals surface area (Å²) < 4.78 is 24.0. The highest BCUT2D eigenvalue weighted by molar-refractivity contribution is 6.21. The van der Waals surface area contributed by atoms with Crippen molar-refractivity contribution >= 4 is 11.6 Å². The molecule has 3 heteroatoms. The van der Waals surface area contributed by atoms with Gasteiger partial charge in [-0.2, -0.15) is 8.78 Å². The minimum absolute atomic E-state index is 0.182. The van der Waals surface area contributed by atoms with E-state index in [1.54, 1.807) is 0 Å². The van der Waals surface area contributed by atoms with Crippen LogP contribution >= 0.6 is 11.6 Å². The van der Waals surface area contributed by atoms with Crippen molar-refractivity contribution in [2.45, 2.75) is 50.8 Å². The highest BCUT2D eigenvalue weighted by Gasteiger charge is 2.22. The van der Waals surface area contributed by atoms with Crippen molar-refractivity contribution in [3.05, 3.63) is 0 Å². The molecule has 0 nitrogen and oxygen atoms in total. The van der Waals surface area contributed by atoms with Gasteiger partial charge in [0.25, 0.3) is 0 Å². The zero-order chi connectivity index (χ0) is 8.74. The first-order valence-corrected chi connectivity index (χ1v) is 4.51. The van der Waals surface area contributed by atoms with Gasteiger partial charge >= 0.3 is 5.38 Å². The molecule has 0 aliphatic rings.